The summed E-state index contributed by atoms with van der Waals surface area (Å²) in [7, 11) is 0. The highest BCUT2D eigenvalue weighted by atomic mass is 15.1. The van der Waals surface area contributed by atoms with Crippen LogP contribution in [0.5, 0.6) is 0 Å². The SMILES string of the molecule is CC.CC.CC.CC(C)c1ccc(CC2CCCCC2)cn1.CC(C)c1ccc(CN2CCCCC2)cn1.CC(C)c1ccc(CN2CCCCC2)nc1. The molecule has 3 aromatic rings. The highest BCUT2D eigenvalue weighted by molar-refractivity contribution is 5.18. The first kappa shape index (κ1) is 49.4. The minimum Gasteiger partial charge on any atom is -0.299 e. The molecule has 1 saturated carbocycles. The third kappa shape index (κ3) is 20.3. The van der Waals surface area contributed by atoms with Gasteiger partial charge in [0.1, 0.15) is 0 Å². The van der Waals surface area contributed by atoms with Crippen LogP contribution in [-0.4, -0.2) is 50.9 Å². The Hall–Kier alpha value is -2.63. The summed E-state index contributed by atoms with van der Waals surface area (Å²) in [6.45, 7) is 32.3. The van der Waals surface area contributed by atoms with Crippen LogP contribution in [0.4, 0.5) is 0 Å². The van der Waals surface area contributed by atoms with E-state index in [1.165, 1.54) is 137 Å². The van der Waals surface area contributed by atoms with Crippen LogP contribution >= 0.6 is 0 Å². The fraction of sp³-hybridized carbons (Fsp3) is 0.694. The average Bonchev–Trinajstić information content (AvgIpc) is 3.22. The average molecular weight is 744 g/mol. The number of rotatable bonds is 9. The lowest BCUT2D eigenvalue weighted by molar-refractivity contribution is 0.218. The summed E-state index contributed by atoms with van der Waals surface area (Å²) in [5.74, 6) is 2.57. The molecule has 0 radical (unpaired) electrons. The van der Waals surface area contributed by atoms with E-state index < -0.39 is 0 Å². The molecule has 0 bridgehead atoms. The van der Waals surface area contributed by atoms with Gasteiger partial charge in [-0.05, 0) is 117 Å². The molecule has 306 valence electrons. The van der Waals surface area contributed by atoms with E-state index >= 15 is 0 Å². The van der Waals surface area contributed by atoms with Gasteiger partial charge in [0.05, 0.1) is 5.69 Å². The van der Waals surface area contributed by atoms with Gasteiger partial charge in [-0.1, -0.05) is 146 Å². The number of pyridine rings is 3. The summed E-state index contributed by atoms with van der Waals surface area (Å²) < 4.78 is 0. The molecule has 0 amide bonds. The maximum Gasteiger partial charge on any atom is 0.0544 e. The maximum absolute atomic E-state index is 4.55. The molecule has 3 aromatic heterocycles. The molecular weight excluding hydrogens is 659 g/mol. The van der Waals surface area contributed by atoms with E-state index in [-0.39, 0.29) is 0 Å². The Morgan fingerprint density at radius 3 is 1.35 bits per heavy atom. The van der Waals surface area contributed by atoms with Crippen molar-refractivity contribution in [3.8, 4) is 0 Å². The molecule has 5 nitrogen and oxygen atoms in total. The van der Waals surface area contributed by atoms with Crippen molar-refractivity contribution in [1.29, 1.82) is 0 Å². The van der Waals surface area contributed by atoms with Crippen LogP contribution in [0, 0.1) is 5.92 Å². The molecule has 0 N–H and O–H groups in total. The van der Waals surface area contributed by atoms with E-state index in [0.29, 0.717) is 17.8 Å². The summed E-state index contributed by atoms with van der Waals surface area (Å²) in [5.41, 5.74) is 7.74. The summed E-state index contributed by atoms with van der Waals surface area (Å²) in [6, 6.07) is 13.3. The molecule has 6 rings (SSSR count). The van der Waals surface area contributed by atoms with Crippen LogP contribution in [0.15, 0.2) is 55.0 Å². The third-order valence-electron chi connectivity index (χ3n) is 10.3. The Kier molecular flexibility index (Phi) is 28.0. The lowest BCUT2D eigenvalue weighted by atomic mass is 9.85. The second kappa shape index (κ2) is 30.6. The van der Waals surface area contributed by atoms with E-state index in [4.69, 9.17) is 0 Å². The second-order valence-corrected chi connectivity index (χ2v) is 15.6. The minimum atomic E-state index is 0.532. The van der Waals surface area contributed by atoms with Gasteiger partial charge in [0.2, 0.25) is 0 Å². The summed E-state index contributed by atoms with van der Waals surface area (Å²) in [4.78, 5) is 18.7. The van der Waals surface area contributed by atoms with Gasteiger partial charge in [-0.15, -0.1) is 0 Å². The Bertz CT molecular complexity index is 1090. The van der Waals surface area contributed by atoms with Gasteiger partial charge in [0.25, 0.3) is 0 Å². The van der Waals surface area contributed by atoms with Gasteiger partial charge in [0, 0.05) is 43.1 Å². The Morgan fingerprint density at radius 1 is 0.481 bits per heavy atom. The first-order chi connectivity index (χ1) is 26.3. The number of likely N-dealkylation sites (tertiary alicyclic amines) is 2. The predicted octanol–water partition coefficient (Wildman–Crippen LogP) is 13.8. The quantitative estimate of drug-likeness (QED) is 0.218. The van der Waals surface area contributed by atoms with Gasteiger partial charge in [-0.2, -0.15) is 0 Å². The van der Waals surface area contributed by atoms with Crippen molar-refractivity contribution in [2.24, 2.45) is 5.92 Å². The van der Waals surface area contributed by atoms with Gasteiger partial charge in [-0.25, -0.2) is 0 Å². The number of hydrogen-bond donors (Lipinski definition) is 0. The maximum atomic E-state index is 4.55. The molecule has 2 aliphatic heterocycles. The Labute approximate surface area is 335 Å². The van der Waals surface area contributed by atoms with E-state index in [1.54, 1.807) is 0 Å². The fourth-order valence-electron chi connectivity index (χ4n) is 7.09. The van der Waals surface area contributed by atoms with Crippen molar-refractivity contribution < 1.29 is 0 Å². The van der Waals surface area contributed by atoms with Crippen molar-refractivity contribution in [3.63, 3.8) is 0 Å². The fourth-order valence-corrected chi connectivity index (χ4v) is 7.09. The van der Waals surface area contributed by atoms with Crippen LogP contribution in [0.1, 0.15) is 205 Å². The van der Waals surface area contributed by atoms with E-state index in [2.05, 4.69) is 109 Å². The molecular formula is C49H85N5. The molecule has 3 aliphatic rings. The molecule has 2 saturated heterocycles. The van der Waals surface area contributed by atoms with Crippen molar-refractivity contribution in [2.45, 2.75) is 191 Å². The number of aromatic nitrogens is 3. The predicted molar refractivity (Wildman–Crippen MR) is 238 cm³/mol. The summed E-state index contributed by atoms with van der Waals surface area (Å²) in [5, 5.41) is 0. The van der Waals surface area contributed by atoms with Gasteiger partial charge in [0.15, 0.2) is 0 Å². The molecule has 0 spiro atoms. The standard InChI is InChI=1S/C15H23N.2C14H22N2.3C2H6/c1-12(2)15-9-8-14(11-16-15)10-13-6-4-3-5-7-13;1-12(2)13-6-7-14(15-10-13)11-16-8-4-3-5-9-16;1-12(2)14-7-6-13(10-15-14)11-16-8-4-3-5-9-16;3*1-2/h8-9,11-13H,3-7,10H2,1-2H3;2*6-7,10,12H,3-5,8-9,11H2,1-2H3;3*1-2H3. The van der Waals surface area contributed by atoms with Crippen molar-refractivity contribution in [3.05, 3.63) is 88.8 Å². The molecule has 5 heteroatoms. The Balaban J connectivity index is 0.000000378. The van der Waals surface area contributed by atoms with Gasteiger partial charge < -0.3 is 0 Å². The van der Waals surface area contributed by atoms with E-state index in [1.807, 2.05) is 53.9 Å². The smallest absolute Gasteiger partial charge is 0.0544 e. The zero-order valence-corrected chi connectivity index (χ0v) is 37.5. The zero-order chi connectivity index (χ0) is 40.1. The molecule has 0 atom stereocenters. The second-order valence-electron chi connectivity index (χ2n) is 15.6. The van der Waals surface area contributed by atoms with Crippen molar-refractivity contribution in [1.82, 2.24) is 24.8 Å². The van der Waals surface area contributed by atoms with Gasteiger partial charge >= 0.3 is 0 Å². The van der Waals surface area contributed by atoms with Crippen LogP contribution in [0.25, 0.3) is 0 Å². The normalized spacial score (nSPS) is 16.3. The Morgan fingerprint density at radius 2 is 0.944 bits per heavy atom. The minimum absolute atomic E-state index is 0.532. The molecule has 5 heterocycles. The highest BCUT2D eigenvalue weighted by Crippen LogP contribution is 2.27. The van der Waals surface area contributed by atoms with E-state index in [0.717, 1.165) is 19.0 Å². The number of piperidine rings is 2. The molecule has 1 aliphatic carbocycles. The third-order valence-corrected chi connectivity index (χ3v) is 10.3. The lowest BCUT2D eigenvalue weighted by Crippen LogP contribution is -2.29. The topological polar surface area (TPSA) is 45.2 Å². The molecule has 3 fully saturated rings. The van der Waals surface area contributed by atoms with Crippen LogP contribution in [0.2, 0.25) is 0 Å². The number of nitrogens with zero attached hydrogens (tertiary/aromatic N) is 5. The first-order valence-corrected chi connectivity index (χ1v) is 22.6. The van der Waals surface area contributed by atoms with Crippen molar-refractivity contribution in [2.75, 3.05) is 26.2 Å². The molecule has 0 unspecified atom stereocenters. The van der Waals surface area contributed by atoms with Gasteiger partial charge in [-0.3, -0.25) is 24.8 Å². The number of hydrogen-bond acceptors (Lipinski definition) is 5. The molecule has 54 heavy (non-hydrogen) atoms. The zero-order valence-electron chi connectivity index (χ0n) is 37.5. The van der Waals surface area contributed by atoms with E-state index in [9.17, 15) is 0 Å². The monoisotopic (exact) mass is 744 g/mol. The van der Waals surface area contributed by atoms with Crippen LogP contribution in [0.3, 0.4) is 0 Å². The van der Waals surface area contributed by atoms with Crippen LogP contribution < -0.4 is 0 Å². The molecule has 0 aromatic carbocycles. The highest BCUT2D eigenvalue weighted by Gasteiger charge is 2.15. The van der Waals surface area contributed by atoms with Crippen LogP contribution in [-0.2, 0) is 19.5 Å². The summed E-state index contributed by atoms with van der Waals surface area (Å²) >= 11 is 0. The summed E-state index contributed by atoms with van der Waals surface area (Å²) in [6.07, 6.45) is 22.8. The first-order valence-electron chi connectivity index (χ1n) is 22.6. The van der Waals surface area contributed by atoms with Crippen molar-refractivity contribution >= 4 is 0 Å². The lowest BCUT2D eigenvalue weighted by Gasteiger charge is -2.26. The largest absolute Gasteiger partial charge is 0.299 e.